The number of guanidine groups is 1. The molecule has 0 aliphatic heterocycles. The zero-order valence-electron chi connectivity index (χ0n) is 16.5. The Bertz CT molecular complexity index is 730. The predicted octanol–water partition coefficient (Wildman–Crippen LogP) is 3.85. The maximum Gasteiger partial charge on any atom is 0.191 e. The van der Waals surface area contributed by atoms with Gasteiger partial charge in [0.1, 0.15) is 12.6 Å². The van der Waals surface area contributed by atoms with Gasteiger partial charge in [-0.25, -0.2) is 9.38 Å². The maximum atomic E-state index is 13.8. The number of aromatic nitrogens is 1. The van der Waals surface area contributed by atoms with Crippen LogP contribution in [0.15, 0.2) is 39.8 Å². The number of hydrogen-bond acceptors (Lipinski definition) is 4. The first-order chi connectivity index (χ1) is 13.0. The molecule has 1 aromatic heterocycles. The number of ether oxygens (including phenoxy) is 1. The van der Waals surface area contributed by atoms with Gasteiger partial charge in [-0.05, 0) is 31.4 Å². The van der Waals surface area contributed by atoms with Gasteiger partial charge in [-0.15, -0.1) is 0 Å². The van der Waals surface area contributed by atoms with Crippen LogP contribution in [0.3, 0.4) is 0 Å². The monoisotopic (exact) mass is 376 g/mol. The molecule has 0 bridgehead atoms. The highest BCUT2D eigenvalue weighted by Gasteiger charge is 2.12. The maximum absolute atomic E-state index is 13.8. The largest absolute Gasteiger partial charge is 0.486 e. The number of aliphatic imine (C=N–C) groups is 1. The lowest BCUT2D eigenvalue weighted by Gasteiger charge is -2.20. The van der Waals surface area contributed by atoms with Crippen LogP contribution in [0.1, 0.15) is 51.5 Å². The number of rotatable bonds is 9. The van der Waals surface area contributed by atoms with E-state index < -0.39 is 0 Å². The molecule has 0 saturated carbocycles. The van der Waals surface area contributed by atoms with E-state index in [0.717, 1.165) is 18.7 Å². The van der Waals surface area contributed by atoms with Crippen molar-refractivity contribution in [2.24, 2.45) is 4.99 Å². The molecular formula is C20H29FN4O2. The van der Waals surface area contributed by atoms with E-state index in [-0.39, 0.29) is 17.7 Å². The summed E-state index contributed by atoms with van der Waals surface area (Å²) in [6.07, 6.45) is 0.559. The molecule has 148 valence electrons. The summed E-state index contributed by atoms with van der Waals surface area (Å²) < 4.78 is 24.9. The van der Waals surface area contributed by atoms with Crippen molar-refractivity contribution in [1.29, 1.82) is 0 Å². The van der Waals surface area contributed by atoms with Crippen LogP contribution < -0.4 is 15.4 Å². The summed E-state index contributed by atoms with van der Waals surface area (Å²) in [6, 6.07) is 8.35. The average molecular weight is 376 g/mol. The molecule has 1 aromatic carbocycles. The molecule has 1 heterocycles. The van der Waals surface area contributed by atoms with Gasteiger partial charge >= 0.3 is 0 Å². The standard InChI is InChI=1S/C20H29FN4O2/c1-5-15(26-19-10-8-7-9-17(19)21)12-23-20(22-6-2)24-13-16-11-18(14(3)4)25-27-16/h7-11,14-15H,5-6,12-13H2,1-4H3,(H2,22,23,24). The molecule has 0 fully saturated rings. The van der Waals surface area contributed by atoms with Gasteiger partial charge < -0.3 is 19.9 Å². The average Bonchev–Trinajstić information content (AvgIpc) is 3.13. The first-order valence-corrected chi connectivity index (χ1v) is 9.42. The smallest absolute Gasteiger partial charge is 0.191 e. The summed E-state index contributed by atoms with van der Waals surface area (Å²) in [5.74, 6) is 1.58. The lowest BCUT2D eigenvalue weighted by molar-refractivity contribution is 0.191. The molecule has 0 amide bonds. The number of nitrogens with one attached hydrogen (secondary N) is 2. The van der Waals surface area contributed by atoms with Crippen LogP contribution in [0, 0.1) is 5.82 Å². The summed E-state index contributed by atoms with van der Waals surface area (Å²) in [5, 5.41) is 10.5. The third-order valence-electron chi connectivity index (χ3n) is 3.99. The number of para-hydroxylation sites is 1. The summed E-state index contributed by atoms with van der Waals surface area (Å²) >= 11 is 0. The lowest BCUT2D eigenvalue weighted by atomic mass is 10.1. The molecule has 0 spiro atoms. The Morgan fingerprint density at radius 2 is 2.04 bits per heavy atom. The molecule has 0 aliphatic carbocycles. The van der Waals surface area contributed by atoms with Gasteiger partial charge in [-0.1, -0.05) is 38.1 Å². The van der Waals surface area contributed by atoms with Crippen molar-refractivity contribution in [2.75, 3.05) is 13.1 Å². The SMILES string of the molecule is CCNC(=NCc1cc(C(C)C)no1)NCC(CC)Oc1ccccc1F. The van der Waals surface area contributed by atoms with Crippen LogP contribution in [0.25, 0.3) is 0 Å². The van der Waals surface area contributed by atoms with Crippen molar-refractivity contribution in [2.45, 2.75) is 52.7 Å². The summed E-state index contributed by atoms with van der Waals surface area (Å²) in [4.78, 5) is 4.52. The van der Waals surface area contributed by atoms with Crippen molar-refractivity contribution in [3.8, 4) is 5.75 Å². The Kier molecular flexibility index (Phi) is 8.10. The molecule has 27 heavy (non-hydrogen) atoms. The van der Waals surface area contributed by atoms with E-state index in [0.29, 0.717) is 30.7 Å². The first-order valence-electron chi connectivity index (χ1n) is 9.42. The Balaban J connectivity index is 1.94. The van der Waals surface area contributed by atoms with Crippen LogP contribution in [0.4, 0.5) is 4.39 Å². The molecule has 1 atom stereocenters. The zero-order chi connectivity index (χ0) is 19.6. The van der Waals surface area contributed by atoms with Gasteiger partial charge in [0.15, 0.2) is 23.3 Å². The van der Waals surface area contributed by atoms with Crippen molar-refractivity contribution in [3.05, 3.63) is 47.6 Å². The molecule has 0 radical (unpaired) electrons. The highest BCUT2D eigenvalue weighted by molar-refractivity contribution is 5.79. The molecular weight excluding hydrogens is 347 g/mol. The second-order valence-electron chi connectivity index (χ2n) is 6.53. The minimum absolute atomic E-state index is 0.177. The highest BCUT2D eigenvalue weighted by Crippen LogP contribution is 2.18. The predicted molar refractivity (Wildman–Crippen MR) is 105 cm³/mol. The van der Waals surface area contributed by atoms with Gasteiger partial charge in [0.2, 0.25) is 0 Å². The summed E-state index contributed by atoms with van der Waals surface area (Å²) in [7, 11) is 0. The quantitative estimate of drug-likeness (QED) is 0.514. The Morgan fingerprint density at radius 1 is 1.26 bits per heavy atom. The van der Waals surface area contributed by atoms with Crippen LogP contribution in [0.5, 0.6) is 5.75 Å². The zero-order valence-corrected chi connectivity index (χ0v) is 16.5. The number of nitrogens with zero attached hydrogens (tertiary/aromatic N) is 2. The van der Waals surface area contributed by atoms with Crippen LogP contribution in [0.2, 0.25) is 0 Å². The van der Waals surface area contributed by atoms with Crippen molar-refractivity contribution in [1.82, 2.24) is 15.8 Å². The minimum Gasteiger partial charge on any atom is -0.486 e. The molecule has 2 aromatic rings. The second-order valence-corrected chi connectivity index (χ2v) is 6.53. The van der Waals surface area contributed by atoms with Gasteiger partial charge in [-0.2, -0.15) is 0 Å². The van der Waals surface area contributed by atoms with Gasteiger partial charge in [-0.3, -0.25) is 0 Å². The van der Waals surface area contributed by atoms with Gasteiger partial charge in [0.05, 0.1) is 12.2 Å². The number of benzene rings is 1. The fraction of sp³-hybridized carbons (Fsp3) is 0.500. The lowest BCUT2D eigenvalue weighted by Crippen LogP contribution is -2.42. The molecule has 0 saturated heterocycles. The van der Waals surface area contributed by atoms with E-state index in [1.165, 1.54) is 6.07 Å². The van der Waals surface area contributed by atoms with Gasteiger partial charge in [0, 0.05) is 12.6 Å². The van der Waals surface area contributed by atoms with E-state index in [9.17, 15) is 4.39 Å². The summed E-state index contributed by atoms with van der Waals surface area (Å²) in [5.41, 5.74) is 0.919. The van der Waals surface area contributed by atoms with Crippen molar-refractivity contribution in [3.63, 3.8) is 0 Å². The van der Waals surface area contributed by atoms with E-state index >= 15 is 0 Å². The first kappa shape index (κ1) is 20.7. The topological polar surface area (TPSA) is 71.7 Å². The minimum atomic E-state index is -0.359. The van der Waals surface area contributed by atoms with Gasteiger partial charge in [0.25, 0.3) is 0 Å². The molecule has 7 heteroatoms. The Morgan fingerprint density at radius 3 is 2.67 bits per heavy atom. The van der Waals surface area contributed by atoms with Crippen LogP contribution in [-0.2, 0) is 6.54 Å². The third kappa shape index (κ3) is 6.58. The second kappa shape index (κ2) is 10.5. The van der Waals surface area contributed by atoms with E-state index in [1.807, 2.05) is 19.9 Å². The molecule has 6 nitrogen and oxygen atoms in total. The van der Waals surface area contributed by atoms with E-state index in [4.69, 9.17) is 9.26 Å². The Labute approximate surface area is 160 Å². The molecule has 2 rings (SSSR count). The van der Waals surface area contributed by atoms with Crippen molar-refractivity contribution >= 4 is 5.96 Å². The fourth-order valence-electron chi connectivity index (χ4n) is 2.37. The molecule has 0 aliphatic rings. The molecule has 1 unspecified atom stereocenters. The van der Waals surface area contributed by atoms with E-state index in [2.05, 4.69) is 34.6 Å². The van der Waals surface area contributed by atoms with Crippen molar-refractivity contribution < 1.29 is 13.7 Å². The van der Waals surface area contributed by atoms with Crippen LogP contribution in [-0.4, -0.2) is 30.3 Å². The normalized spacial score (nSPS) is 12.9. The number of hydrogen-bond donors (Lipinski definition) is 2. The fourth-order valence-corrected chi connectivity index (χ4v) is 2.37. The Hall–Kier alpha value is -2.57. The third-order valence-corrected chi connectivity index (χ3v) is 3.99. The summed E-state index contributed by atoms with van der Waals surface area (Å²) in [6.45, 7) is 9.75. The van der Waals surface area contributed by atoms with Crippen LogP contribution >= 0.6 is 0 Å². The van der Waals surface area contributed by atoms with E-state index in [1.54, 1.807) is 18.2 Å². The molecule has 2 N–H and O–H groups in total. The number of halogens is 1. The highest BCUT2D eigenvalue weighted by atomic mass is 19.1.